The van der Waals surface area contributed by atoms with Crippen LogP contribution in [0.2, 0.25) is 0 Å². The Hall–Kier alpha value is -6.23. The van der Waals surface area contributed by atoms with Crippen LogP contribution in [-0.2, 0) is 5.41 Å². The van der Waals surface area contributed by atoms with Crippen LogP contribution >= 0.6 is 11.8 Å². The lowest BCUT2D eigenvalue weighted by Gasteiger charge is -2.50. The Morgan fingerprint density at radius 1 is 0.415 bits per heavy atom. The highest BCUT2D eigenvalue weighted by Gasteiger charge is 2.53. The van der Waals surface area contributed by atoms with Crippen LogP contribution in [0, 0.1) is 0 Å². The third-order valence-corrected chi connectivity index (χ3v) is 12.5. The molecule has 0 fully saturated rings. The second-order valence-corrected chi connectivity index (χ2v) is 15.1. The highest BCUT2D eigenvalue weighted by molar-refractivity contribution is 8.00. The molecule has 248 valence electrons. The maximum Gasteiger partial charge on any atom is 0.247 e. The Morgan fingerprint density at radius 2 is 0.925 bits per heavy atom. The highest BCUT2D eigenvalue weighted by atomic mass is 32.2. The van der Waals surface area contributed by atoms with Crippen molar-refractivity contribution in [3.05, 3.63) is 222 Å². The zero-order chi connectivity index (χ0) is 34.9. The number of rotatable bonds is 4. The molecule has 3 aliphatic heterocycles. The van der Waals surface area contributed by atoms with E-state index in [4.69, 9.17) is 0 Å². The molecule has 2 nitrogen and oxygen atoms in total. The topological polar surface area (TPSA) is 6.48 Å². The second kappa shape index (κ2) is 11.9. The standard InChI is InChI=1S/C49H33BN2S/c1-5-19-34(20-6-1)49(35-21-7-2-8-22-35)38-27-13-14-28-40(38)50-41-29-15-16-30-42(41)52(37-25-11-4-12-26-37)47-46(50)39(49)33-44-48(47)53-45-32-18-17-31-43(45)51(44)36-23-9-3-10-24-36/h1-33H. The van der Waals surface area contributed by atoms with Gasteiger partial charge in [0.1, 0.15) is 0 Å². The Balaban J connectivity index is 1.38. The van der Waals surface area contributed by atoms with E-state index < -0.39 is 5.41 Å². The molecule has 0 aliphatic carbocycles. The van der Waals surface area contributed by atoms with Crippen molar-refractivity contribution in [2.45, 2.75) is 15.2 Å². The minimum atomic E-state index is -0.590. The SMILES string of the molecule is c1ccc(N2c3ccccc3Sc3c2cc2c4c3N(c3ccccc3)c3ccccc3B4c3ccccc3C2(c2ccccc2)c2ccccc2)cc1. The van der Waals surface area contributed by atoms with Gasteiger partial charge in [-0.25, -0.2) is 0 Å². The molecule has 0 amide bonds. The van der Waals surface area contributed by atoms with E-state index in [1.54, 1.807) is 0 Å². The molecule has 4 heteroatoms. The fourth-order valence-corrected chi connectivity index (χ4v) is 10.5. The fraction of sp³-hybridized carbons (Fsp3) is 0.0204. The lowest BCUT2D eigenvalue weighted by Crippen LogP contribution is -2.65. The monoisotopic (exact) mass is 692 g/mol. The molecular formula is C49H33BN2S. The van der Waals surface area contributed by atoms with Crippen LogP contribution in [0.1, 0.15) is 22.3 Å². The highest BCUT2D eigenvalue weighted by Crippen LogP contribution is 2.59. The van der Waals surface area contributed by atoms with Crippen molar-refractivity contribution in [2.24, 2.45) is 0 Å². The first-order chi connectivity index (χ1) is 26.3. The van der Waals surface area contributed by atoms with E-state index in [1.807, 2.05) is 11.8 Å². The van der Waals surface area contributed by atoms with Crippen LogP contribution in [0.15, 0.2) is 210 Å². The third kappa shape index (κ3) is 4.30. The normalized spacial score (nSPS) is 14.4. The van der Waals surface area contributed by atoms with E-state index >= 15 is 0 Å². The predicted octanol–water partition coefficient (Wildman–Crippen LogP) is 10.6. The third-order valence-electron chi connectivity index (χ3n) is 11.4. The number of anilines is 6. The maximum atomic E-state index is 2.56. The predicted molar refractivity (Wildman–Crippen MR) is 223 cm³/mol. The van der Waals surface area contributed by atoms with E-state index in [2.05, 4.69) is 210 Å². The van der Waals surface area contributed by atoms with Gasteiger partial charge in [0.05, 0.1) is 27.4 Å². The summed E-state index contributed by atoms with van der Waals surface area (Å²) >= 11 is 1.90. The van der Waals surface area contributed by atoms with E-state index in [0.29, 0.717) is 0 Å². The van der Waals surface area contributed by atoms with Crippen molar-refractivity contribution in [2.75, 3.05) is 9.80 Å². The first-order valence-corrected chi connectivity index (χ1v) is 19.1. The van der Waals surface area contributed by atoms with Gasteiger partial charge in [-0.15, -0.1) is 0 Å². The van der Waals surface area contributed by atoms with Gasteiger partial charge in [0.2, 0.25) is 6.71 Å². The van der Waals surface area contributed by atoms with Gasteiger partial charge in [-0.1, -0.05) is 169 Å². The summed E-state index contributed by atoms with van der Waals surface area (Å²) in [6, 6.07) is 74.1. The molecule has 0 spiro atoms. The summed E-state index contributed by atoms with van der Waals surface area (Å²) in [5.74, 6) is 0. The lowest BCUT2D eigenvalue weighted by atomic mass is 9.29. The van der Waals surface area contributed by atoms with E-state index in [-0.39, 0.29) is 6.71 Å². The summed E-state index contributed by atoms with van der Waals surface area (Å²) in [7, 11) is 0. The van der Waals surface area contributed by atoms with Gasteiger partial charge in [0.15, 0.2) is 0 Å². The summed E-state index contributed by atoms with van der Waals surface area (Å²) in [4.78, 5) is 7.57. The van der Waals surface area contributed by atoms with Gasteiger partial charge in [-0.3, -0.25) is 0 Å². The minimum Gasteiger partial charge on any atom is -0.310 e. The van der Waals surface area contributed by atoms with E-state index in [0.717, 1.165) is 11.4 Å². The maximum absolute atomic E-state index is 2.56. The summed E-state index contributed by atoms with van der Waals surface area (Å²) in [6.45, 7) is 0.0427. The van der Waals surface area contributed by atoms with Gasteiger partial charge >= 0.3 is 0 Å². The largest absolute Gasteiger partial charge is 0.310 e. The molecule has 0 N–H and O–H groups in total. The smallest absolute Gasteiger partial charge is 0.247 e. The average Bonchev–Trinajstić information content (AvgIpc) is 3.24. The summed E-state index contributed by atoms with van der Waals surface area (Å²) in [6.07, 6.45) is 0. The Kier molecular flexibility index (Phi) is 6.83. The van der Waals surface area contributed by atoms with Crippen molar-refractivity contribution < 1.29 is 0 Å². The van der Waals surface area contributed by atoms with Crippen molar-refractivity contribution in [1.29, 1.82) is 0 Å². The number of hydrogen-bond acceptors (Lipinski definition) is 3. The summed E-state index contributed by atoms with van der Waals surface area (Å²) < 4.78 is 0. The second-order valence-electron chi connectivity index (χ2n) is 14.0. The molecular weight excluding hydrogens is 659 g/mol. The molecule has 8 aromatic rings. The van der Waals surface area contributed by atoms with Gasteiger partial charge < -0.3 is 9.80 Å². The van der Waals surface area contributed by atoms with Crippen LogP contribution in [0.25, 0.3) is 0 Å². The lowest BCUT2D eigenvalue weighted by molar-refractivity contribution is 0.749. The van der Waals surface area contributed by atoms with Crippen LogP contribution < -0.4 is 26.2 Å². The molecule has 0 saturated heterocycles. The first-order valence-electron chi connectivity index (χ1n) is 18.3. The molecule has 0 unspecified atom stereocenters. The number of para-hydroxylation sites is 4. The molecule has 0 aromatic heterocycles. The number of nitrogens with zero attached hydrogens (tertiary/aromatic N) is 2. The zero-order valence-electron chi connectivity index (χ0n) is 28.9. The summed E-state index contributed by atoms with van der Waals surface area (Å²) in [5.41, 5.74) is 15.8. The fourth-order valence-electron chi connectivity index (χ4n) is 9.35. The van der Waals surface area contributed by atoms with Crippen molar-refractivity contribution in [3.63, 3.8) is 0 Å². The van der Waals surface area contributed by atoms with Crippen LogP contribution in [0.5, 0.6) is 0 Å². The van der Waals surface area contributed by atoms with E-state index in [9.17, 15) is 0 Å². The molecule has 53 heavy (non-hydrogen) atoms. The molecule has 3 heterocycles. The molecule has 0 saturated carbocycles. The van der Waals surface area contributed by atoms with Gasteiger partial charge in [-0.2, -0.15) is 0 Å². The van der Waals surface area contributed by atoms with Crippen LogP contribution in [0.3, 0.4) is 0 Å². The van der Waals surface area contributed by atoms with Crippen LogP contribution in [0.4, 0.5) is 34.1 Å². The Labute approximate surface area is 315 Å². The summed E-state index contributed by atoms with van der Waals surface area (Å²) in [5, 5.41) is 0. The Bertz CT molecular complexity index is 2620. The van der Waals surface area contributed by atoms with Gasteiger partial charge in [0, 0.05) is 22.0 Å². The van der Waals surface area contributed by atoms with Gasteiger partial charge in [0.25, 0.3) is 0 Å². The molecule has 0 atom stereocenters. The van der Waals surface area contributed by atoms with Crippen molar-refractivity contribution in [1.82, 2.24) is 0 Å². The number of fused-ring (bicyclic) bond motifs is 7. The molecule has 0 radical (unpaired) electrons. The first kappa shape index (κ1) is 30.4. The minimum absolute atomic E-state index is 0.0427. The Morgan fingerprint density at radius 3 is 1.58 bits per heavy atom. The van der Waals surface area contributed by atoms with Crippen LogP contribution in [-0.4, -0.2) is 6.71 Å². The molecule has 0 bridgehead atoms. The molecule has 3 aliphatic rings. The molecule has 8 aromatic carbocycles. The van der Waals surface area contributed by atoms with Gasteiger partial charge in [-0.05, 0) is 81.7 Å². The molecule has 11 rings (SSSR count). The quantitative estimate of drug-likeness (QED) is 0.170. The van der Waals surface area contributed by atoms with Crippen molar-refractivity contribution in [3.8, 4) is 0 Å². The van der Waals surface area contributed by atoms with E-state index in [1.165, 1.54) is 71.2 Å². The zero-order valence-corrected chi connectivity index (χ0v) is 29.7. The number of hydrogen-bond donors (Lipinski definition) is 0. The number of benzene rings is 8. The average molecular weight is 693 g/mol. The van der Waals surface area contributed by atoms with Crippen molar-refractivity contribution >= 4 is 69.0 Å².